The fraction of sp³-hybridized carbons (Fsp3) is 0.500. The Kier molecular flexibility index (Phi) is 2.86. The molecule has 0 spiro atoms. The lowest BCUT2D eigenvalue weighted by molar-refractivity contribution is 0.234. The number of rotatable bonds is 3. The summed E-state index contributed by atoms with van der Waals surface area (Å²) < 4.78 is 0. The second-order valence-corrected chi connectivity index (χ2v) is 5.16. The number of urea groups is 1. The van der Waals surface area contributed by atoms with E-state index in [1.54, 1.807) is 0 Å². The zero-order chi connectivity index (χ0) is 12.5. The van der Waals surface area contributed by atoms with Crippen molar-refractivity contribution in [3.05, 3.63) is 24.3 Å². The lowest BCUT2D eigenvalue weighted by Gasteiger charge is -2.30. The molecule has 2 amide bonds. The maximum atomic E-state index is 12.0. The molecule has 1 saturated heterocycles. The molecule has 1 unspecified atom stereocenters. The Morgan fingerprint density at radius 2 is 2.22 bits per heavy atom. The molecular formula is C14H19N3O. The number of hydrogen-bond acceptors (Lipinski definition) is 2. The average molecular weight is 245 g/mol. The summed E-state index contributed by atoms with van der Waals surface area (Å²) in [5.41, 5.74) is 2.01. The average Bonchev–Trinajstić information content (AvgIpc) is 2.69. The van der Waals surface area contributed by atoms with Crippen LogP contribution in [0.2, 0.25) is 0 Å². The monoisotopic (exact) mass is 245 g/mol. The van der Waals surface area contributed by atoms with Gasteiger partial charge in [0.05, 0.1) is 6.04 Å². The van der Waals surface area contributed by atoms with E-state index in [9.17, 15) is 4.79 Å². The summed E-state index contributed by atoms with van der Waals surface area (Å²) >= 11 is 0. The van der Waals surface area contributed by atoms with Crippen LogP contribution in [-0.2, 0) is 0 Å². The van der Waals surface area contributed by atoms with Crippen molar-refractivity contribution < 1.29 is 4.79 Å². The van der Waals surface area contributed by atoms with Crippen molar-refractivity contribution in [1.82, 2.24) is 5.32 Å². The van der Waals surface area contributed by atoms with Gasteiger partial charge in [-0.2, -0.15) is 0 Å². The molecule has 1 atom stereocenters. The van der Waals surface area contributed by atoms with Crippen molar-refractivity contribution in [3.63, 3.8) is 0 Å². The first-order valence-electron chi connectivity index (χ1n) is 6.64. The predicted molar refractivity (Wildman–Crippen MR) is 73.0 cm³/mol. The third kappa shape index (κ3) is 1.92. The van der Waals surface area contributed by atoms with Crippen LogP contribution in [0, 0.1) is 5.92 Å². The smallest absolute Gasteiger partial charge is 0.322 e. The zero-order valence-electron chi connectivity index (χ0n) is 10.6. The Balaban J connectivity index is 1.77. The van der Waals surface area contributed by atoms with Crippen LogP contribution in [0.3, 0.4) is 0 Å². The van der Waals surface area contributed by atoms with Crippen molar-refractivity contribution in [2.75, 3.05) is 23.8 Å². The molecule has 3 rings (SSSR count). The van der Waals surface area contributed by atoms with Gasteiger partial charge < -0.3 is 10.6 Å². The van der Waals surface area contributed by atoms with Crippen LogP contribution in [0.15, 0.2) is 24.3 Å². The highest BCUT2D eigenvalue weighted by Crippen LogP contribution is 2.33. The molecule has 0 bridgehead atoms. The van der Waals surface area contributed by atoms with Crippen molar-refractivity contribution in [3.8, 4) is 0 Å². The molecule has 4 heteroatoms. The van der Waals surface area contributed by atoms with Gasteiger partial charge in [-0.05, 0) is 37.0 Å². The van der Waals surface area contributed by atoms with Gasteiger partial charge >= 0.3 is 6.03 Å². The molecule has 1 heterocycles. The van der Waals surface area contributed by atoms with Gasteiger partial charge in [0.1, 0.15) is 0 Å². The highest BCUT2D eigenvalue weighted by atomic mass is 16.2. The number of anilines is 2. The molecule has 4 nitrogen and oxygen atoms in total. The van der Waals surface area contributed by atoms with Crippen LogP contribution < -0.4 is 15.5 Å². The summed E-state index contributed by atoms with van der Waals surface area (Å²) in [5.74, 6) is 0.687. The Hall–Kier alpha value is -1.71. The third-order valence-corrected chi connectivity index (χ3v) is 4.10. The minimum absolute atomic E-state index is 0.0418. The van der Waals surface area contributed by atoms with E-state index >= 15 is 0 Å². The molecule has 0 radical (unpaired) electrons. The number of nitrogens with one attached hydrogen (secondary N) is 2. The van der Waals surface area contributed by atoms with Crippen LogP contribution in [0.4, 0.5) is 16.2 Å². The number of amides is 2. The fourth-order valence-corrected chi connectivity index (χ4v) is 2.72. The van der Waals surface area contributed by atoms with E-state index in [0.717, 1.165) is 17.9 Å². The summed E-state index contributed by atoms with van der Waals surface area (Å²) in [6, 6.07) is 8.36. The van der Waals surface area contributed by atoms with Gasteiger partial charge in [-0.3, -0.25) is 4.90 Å². The third-order valence-electron chi connectivity index (χ3n) is 4.10. The van der Waals surface area contributed by atoms with E-state index in [2.05, 4.69) is 10.6 Å². The van der Waals surface area contributed by atoms with Crippen molar-refractivity contribution in [2.24, 2.45) is 5.92 Å². The summed E-state index contributed by atoms with van der Waals surface area (Å²) in [6.45, 7) is 0.802. The number of carbonyl (C=O) groups excluding carboxylic acids is 1. The van der Waals surface area contributed by atoms with Gasteiger partial charge in [-0.15, -0.1) is 0 Å². The van der Waals surface area contributed by atoms with E-state index in [1.165, 1.54) is 19.3 Å². The first-order chi connectivity index (χ1) is 8.78. The van der Waals surface area contributed by atoms with Crippen LogP contribution in [0.5, 0.6) is 0 Å². The molecule has 1 aliphatic heterocycles. The van der Waals surface area contributed by atoms with E-state index in [0.29, 0.717) is 12.0 Å². The Labute approximate surface area is 107 Å². The molecule has 18 heavy (non-hydrogen) atoms. The van der Waals surface area contributed by atoms with Crippen LogP contribution >= 0.6 is 0 Å². The maximum absolute atomic E-state index is 12.0. The quantitative estimate of drug-likeness (QED) is 0.859. The van der Waals surface area contributed by atoms with Gasteiger partial charge in [0.15, 0.2) is 0 Å². The van der Waals surface area contributed by atoms with Gasteiger partial charge in [0.25, 0.3) is 0 Å². The maximum Gasteiger partial charge on any atom is 0.322 e. The molecule has 1 aromatic carbocycles. The summed E-state index contributed by atoms with van der Waals surface area (Å²) in [6.07, 6.45) is 3.83. The summed E-state index contributed by atoms with van der Waals surface area (Å²) in [5, 5.41) is 6.21. The zero-order valence-corrected chi connectivity index (χ0v) is 10.6. The molecule has 2 N–H and O–H groups in total. The molecule has 1 aromatic rings. The lowest BCUT2D eigenvalue weighted by Crippen LogP contribution is -2.37. The normalized spacial score (nSPS) is 23.7. The van der Waals surface area contributed by atoms with Crippen LogP contribution in [0.1, 0.15) is 19.3 Å². The molecule has 2 aliphatic rings. The first kappa shape index (κ1) is 11.4. The minimum Gasteiger partial charge on any atom is -0.388 e. The van der Waals surface area contributed by atoms with Crippen molar-refractivity contribution in [2.45, 2.75) is 25.3 Å². The van der Waals surface area contributed by atoms with Crippen molar-refractivity contribution >= 4 is 17.4 Å². The van der Waals surface area contributed by atoms with Gasteiger partial charge in [-0.25, -0.2) is 4.79 Å². The van der Waals surface area contributed by atoms with Gasteiger partial charge in [0, 0.05) is 25.0 Å². The van der Waals surface area contributed by atoms with E-state index < -0.39 is 0 Å². The van der Waals surface area contributed by atoms with E-state index in [4.69, 9.17) is 0 Å². The number of benzene rings is 1. The number of hydrogen-bond donors (Lipinski definition) is 2. The molecule has 1 saturated carbocycles. The molecule has 0 aromatic heterocycles. The predicted octanol–water partition coefficient (Wildman–Crippen LogP) is 2.43. The van der Waals surface area contributed by atoms with Crippen LogP contribution in [-0.4, -0.2) is 25.7 Å². The van der Waals surface area contributed by atoms with E-state index in [-0.39, 0.29) is 6.03 Å². The molecule has 1 aliphatic carbocycles. The lowest BCUT2D eigenvalue weighted by atomic mass is 9.80. The Morgan fingerprint density at radius 1 is 1.39 bits per heavy atom. The van der Waals surface area contributed by atoms with E-state index in [1.807, 2.05) is 36.2 Å². The summed E-state index contributed by atoms with van der Waals surface area (Å²) in [7, 11) is 1.89. The Morgan fingerprint density at radius 3 is 2.89 bits per heavy atom. The second-order valence-electron chi connectivity index (χ2n) is 5.16. The molecular weight excluding hydrogens is 226 g/mol. The molecule has 96 valence electrons. The highest BCUT2D eigenvalue weighted by molar-refractivity contribution is 5.95. The fourth-order valence-electron chi connectivity index (χ4n) is 2.72. The number of carbonyl (C=O) groups is 1. The largest absolute Gasteiger partial charge is 0.388 e. The highest BCUT2D eigenvalue weighted by Gasteiger charge is 2.37. The Bertz CT molecular complexity index is 456. The second kappa shape index (κ2) is 4.52. The molecule has 2 fully saturated rings. The van der Waals surface area contributed by atoms with Gasteiger partial charge in [0.2, 0.25) is 0 Å². The minimum atomic E-state index is 0.0418. The first-order valence-corrected chi connectivity index (χ1v) is 6.64. The standard InChI is InChI=1S/C14H19N3O/c1-15-11-6-3-7-12(8-11)17-9-13(16-14(17)18)10-4-2-5-10/h3,6-8,10,13,15H,2,4-5,9H2,1H3,(H,16,18). The number of nitrogens with zero attached hydrogens (tertiary/aromatic N) is 1. The van der Waals surface area contributed by atoms with Gasteiger partial charge in [-0.1, -0.05) is 12.5 Å². The van der Waals surface area contributed by atoms with Crippen LogP contribution in [0.25, 0.3) is 0 Å². The SMILES string of the molecule is CNc1cccc(N2CC(C3CCC3)NC2=O)c1. The topological polar surface area (TPSA) is 44.4 Å². The van der Waals surface area contributed by atoms with Crippen molar-refractivity contribution in [1.29, 1.82) is 0 Å². The summed E-state index contributed by atoms with van der Waals surface area (Å²) in [4.78, 5) is 13.9.